The number of aromatic nitrogens is 4. The Labute approximate surface area is 132 Å². The monoisotopic (exact) mass is 319 g/mol. The average molecular weight is 319 g/mol. The van der Waals surface area contributed by atoms with Crippen molar-refractivity contribution in [3.63, 3.8) is 0 Å². The predicted molar refractivity (Wildman–Crippen MR) is 79.1 cm³/mol. The Hall–Kier alpha value is -2.25. The number of aliphatic hydroxyl groups is 2. The van der Waals surface area contributed by atoms with Gasteiger partial charge in [-0.1, -0.05) is 5.92 Å². The van der Waals surface area contributed by atoms with Crippen LogP contribution in [0.25, 0.3) is 5.65 Å². The van der Waals surface area contributed by atoms with Crippen LogP contribution in [0.15, 0.2) is 12.5 Å². The van der Waals surface area contributed by atoms with Gasteiger partial charge in [0.05, 0.1) is 18.5 Å². The zero-order valence-corrected chi connectivity index (χ0v) is 12.5. The molecule has 0 aromatic carbocycles. The number of rotatable bonds is 4. The summed E-state index contributed by atoms with van der Waals surface area (Å²) in [6.07, 6.45) is 5.03. The molecule has 0 spiro atoms. The quantitative estimate of drug-likeness (QED) is 0.606. The molecular formula is C14H17N5O4. The molecule has 0 bridgehead atoms. The van der Waals surface area contributed by atoms with Crippen LogP contribution in [-0.2, 0) is 9.47 Å². The van der Waals surface area contributed by atoms with Gasteiger partial charge in [0, 0.05) is 6.61 Å². The average Bonchev–Trinajstić information content (AvgIpc) is 3.08. The van der Waals surface area contributed by atoms with E-state index >= 15 is 0 Å². The molecule has 122 valence electrons. The van der Waals surface area contributed by atoms with E-state index in [-0.39, 0.29) is 12.4 Å². The predicted octanol–water partition coefficient (Wildman–Crippen LogP) is -1.09. The molecule has 0 saturated carbocycles. The lowest BCUT2D eigenvalue weighted by atomic mass is 9.90. The number of imidazole rings is 1. The third-order valence-corrected chi connectivity index (χ3v) is 3.86. The molecule has 1 aliphatic heterocycles. The maximum Gasteiger partial charge on any atom is 0.196 e. The van der Waals surface area contributed by atoms with Crippen LogP contribution < -0.4 is 5.73 Å². The molecule has 3 rings (SSSR count). The first kappa shape index (κ1) is 15.6. The largest absolute Gasteiger partial charge is 0.386 e. The number of fused-ring (bicyclic) bond motifs is 1. The van der Waals surface area contributed by atoms with E-state index < -0.39 is 23.9 Å². The van der Waals surface area contributed by atoms with Gasteiger partial charge in [-0.2, -0.15) is 5.10 Å². The van der Waals surface area contributed by atoms with Crippen LogP contribution in [0.3, 0.4) is 0 Å². The molecule has 3 heterocycles. The lowest BCUT2D eigenvalue weighted by Gasteiger charge is -2.24. The molecule has 1 saturated heterocycles. The zero-order chi connectivity index (χ0) is 16.6. The number of anilines is 1. The second-order valence-electron chi connectivity index (χ2n) is 5.19. The maximum atomic E-state index is 10.7. The van der Waals surface area contributed by atoms with Gasteiger partial charge in [0.2, 0.25) is 0 Å². The van der Waals surface area contributed by atoms with Crippen molar-refractivity contribution >= 4 is 11.5 Å². The molecule has 2 aromatic rings. The van der Waals surface area contributed by atoms with Gasteiger partial charge >= 0.3 is 0 Å². The van der Waals surface area contributed by atoms with Crippen molar-refractivity contribution in [3.05, 3.63) is 18.2 Å². The molecule has 1 aliphatic rings. The summed E-state index contributed by atoms with van der Waals surface area (Å²) < 4.78 is 12.4. The van der Waals surface area contributed by atoms with E-state index in [0.717, 1.165) is 0 Å². The molecule has 23 heavy (non-hydrogen) atoms. The summed E-state index contributed by atoms with van der Waals surface area (Å²) in [5, 5.41) is 25.1. The smallest absolute Gasteiger partial charge is 0.196 e. The van der Waals surface area contributed by atoms with Crippen molar-refractivity contribution in [3.8, 4) is 12.3 Å². The van der Waals surface area contributed by atoms with Gasteiger partial charge < -0.3 is 25.4 Å². The van der Waals surface area contributed by atoms with Crippen LogP contribution in [0.4, 0.5) is 5.82 Å². The number of nitrogens with two attached hydrogens (primary N) is 1. The van der Waals surface area contributed by atoms with E-state index in [0.29, 0.717) is 17.9 Å². The summed E-state index contributed by atoms with van der Waals surface area (Å²) in [4.78, 5) is 7.96. The van der Waals surface area contributed by atoms with E-state index in [1.54, 1.807) is 0 Å². The Kier molecular flexibility index (Phi) is 3.91. The summed E-state index contributed by atoms with van der Waals surface area (Å²) >= 11 is 0. The number of aliphatic hydroxyl groups excluding tert-OH is 1. The number of terminal acetylenes is 1. The molecule has 0 radical (unpaired) electrons. The van der Waals surface area contributed by atoms with Gasteiger partial charge in [-0.15, -0.1) is 6.42 Å². The lowest BCUT2D eigenvalue weighted by Crippen LogP contribution is -2.45. The van der Waals surface area contributed by atoms with Crippen LogP contribution in [0, 0.1) is 12.3 Å². The highest BCUT2D eigenvalue weighted by molar-refractivity contribution is 5.59. The Bertz CT molecular complexity index is 757. The summed E-state index contributed by atoms with van der Waals surface area (Å²) in [5.74, 6) is 2.40. The van der Waals surface area contributed by atoms with Gasteiger partial charge in [-0.05, 0) is 6.92 Å². The summed E-state index contributed by atoms with van der Waals surface area (Å²) in [6, 6.07) is 0. The molecule has 1 fully saturated rings. The highest BCUT2D eigenvalue weighted by atomic mass is 16.6. The number of hydrogen-bond acceptors (Lipinski definition) is 8. The van der Waals surface area contributed by atoms with E-state index in [9.17, 15) is 10.2 Å². The fourth-order valence-electron chi connectivity index (χ4n) is 2.64. The molecule has 9 nitrogen and oxygen atoms in total. The van der Waals surface area contributed by atoms with E-state index in [1.807, 2.05) is 6.92 Å². The molecule has 0 unspecified atom stereocenters. The number of ether oxygens (including phenoxy) is 2. The van der Waals surface area contributed by atoms with Crippen molar-refractivity contribution in [2.24, 2.45) is 0 Å². The van der Waals surface area contributed by atoms with Gasteiger partial charge in [0.1, 0.15) is 24.6 Å². The summed E-state index contributed by atoms with van der Waals surface area (Å²) in [5.41, 5.74) is 4.49. The highest BCUT2D eigenvalue weighted by Gasteiger charge is 2.56. The molecule has 0 aliphatic carbocycles. The topological polar surface area (TPSA) is 128 Å². The third-order valence-electron chi connectivity index (χ3n) is 3.86. The Morgan fingerprint density at radius 3 is 3.04 bits per heavy atom. The standard InChI is InChI=1S/C14H17N5O4/c1-3-14(21)10(20)9(6-22-4-2)23-11(14)8-5-16-13-12(15)17-7-18-19(8)13/h1,5,7,9-11,20-21H,4,6H2,2H3,(H2,15,17,18)/t9-,10-,11+,14-/m1/s1. The van der Waals surface area contributed by atoms with Crippen LogP contribution in [0.2, 0.25) is 0 Å². The molecular weight excluding hydrogens is 302 g/mol. The first-order chi connectivity index (χ1) is 11.0. The number of hydrogen-bond donors (Lipinski definition) is 3. The van der Waals surface area contributed by atoms with E-state index in [2.05, 4.69) is 21.0 Å². The third kappa shape index (κ3) is 2.32. The first-order valence-corrected chi connectivity index (χ1v) is 7.08. The van der Waals surface area contributed by atoms with E-state index in [4.69, 9.17) is 21.6 Å². The number of nitrogens with zero attached hydrogens (tertiary/aromatic N) is 4. The minimum absolute atomic E-state index is 0.103. The second-order valence-corrected chi connectivity index (χ2v) is 5.19. The van der Waals surface area contributed by atoms with Gasteiger partial charge in [0.15, 0.2) is 17.1 Å². The van der Waals surface area contributed by atoms with Gasteiger partial charge in [-0.3, -0.25) is 0 Å². The number of nitrogen functional groups attached to an aromatic ring is 1. The highest BCUT2D eigenvalue weighted by Crippen LogP contribution is 2.41. The van der Waals surface area contributed by atoms with E-state index in [1.165, 1.54) is 17.0 Å². The molecule has 4 atom stereocenters. The van der Waals surface area contributed by atoms with Gasteiger partial charge in [-0.25, -0.2) is 14.5 Å². The normalized spacial score (nSPS) is 30.6. The van der Waals surface area contributed by atoms with Crippen molar-refractivity contribution in [2.45, 2.75) is 30.8 Å². The fraction of sp³-hybridized carbons (Fsp3) is 0.500. The first-order valence-electron chi connectivity index (χ1n) is 7.08. The van der Waals surface area contributed by atoms with Crippen molar-refractivity contribution < 1.29 is 19.7 Å². The summed E-state index contributed by atoms with van der Waals surface area (Å²) in [6.45, 7) is 2.37. The minimum Gasteiger partial charge on any atom is -0.386 e. The second kappa shape index (κ2) is 5.75. The van der Waals surface area contributed by atoms with Crippen LogP contribution in [0.5, 0.6) is 0 Å². The van der Waals surface area contributed by atoms with Crippen molar-refractivity contribution in [1.82, 2.24) is 19.6 Å². The molecule has 4 N–H and O–H groups in total. The Morgan fingerprint density at radius 2 is 2.35 bits per heavy atom. The fourth-order valence-corrected chi connectivity index (χ4v) is 2.64. The van der Waals surface area contributed by atoms with Gasteiger partial charge in [0.25, 0.3) is 0 Å². The molecule has 9 heteroatoms. The Balaban J connectivity index is 2.03. The van der Waals surface area contributed by atoms with Crippen molar-refractivity contribution in [1.29, 1.82) is 0 Å². The SMILES string of the molecule is C#C[C@@]1(O)[C@H](O)[C@@H](COCC)O[C@H]1c1cnc2c(N)ncnn12. The van der Waals surface area contributed by atoms with Crippen LogP contribution >= 0.6 is 0 Å². The molecule has 2 aromatic heterocycles. The van der Waals surface area contributed by atoms with Crippen LogP contribution in [-0.4, -0.2) is 60.8 Å². The Morgan fingerprint density at radius 1 is 1.57 bits per heavy atom. The zero-order valence-electron chi connectivity index (χ0n) is 12.5. The van der Waals surface area contributed by atoms with Crippen molar-refractivity contribution in [2.75, 3.05) is 18.9 Å². The maximum absolute atomic E-state index is 10.7. The lowest BCUT2D eigenvalue weighted by molar-refractivity contribution is -0.0445. The molecule has 0 amide bonds. The minimum atomic E-state index is -1.93. The summed E-state index contributed by atoms with van der Waals surface area (Å²) in [7, 11) is 0. The van der Waals surface area contributed by atoms with Crippen LogP contribution in [0.1, 0.15) is 18.7 Å².